The Hall–Kier alpha value is -4.42. The van der Waals surface area contributed by atoms with Gasteiger partial charge in [0.05, 0.1) is 0 Å². The normalized spacial score (nSPS) is 13.4. The molecule has 0 saturated carbocycles. The lowest BCUT2D eigenvalue weighted by atomic mass is 9.91. The van der Waals surface area contributed by atoms with Gasteiger partial charge in [0.2, 0.25) is 0 Å². The van der Waals surface area contributed by atoms with Crippen LogP contribution in [0.15, 0.2) is 133 Å². The van der Waals surface area contributed by atoms with E-state index in [0.29, 0.717) is 0 Å². The molecule has 0 fully saturated rings. The Morgan fingerprint density at radius 2 is 0.889 bits per heavy atom. The van der Waals surface area contributed by atoms with Crippen LogP contribution in [0.5, 0.6) is 0 Å². The van der Waals surface area contributed by atoms with Crippen molar-refractivity contribution in [1.29, 1.82) is 0 Å². The van der Waals surface area contributed by atoms with E-state index in [9.17, 15) is 0 Å². The number of hydrogen-bond donors (Lipinski definition) is 0. The molecular weight excluding hydrogens is 432 g/mol. The standard InChI is InChI=1S/C36H26/c1-2-9-25(10-3-1)26-17-19-27(20-18-26)28-11-8-12-29(23-28)30-21-22-35-33-15-5-4-13-31(33)32-14-6-7-16-34(32)36(35)24-30/h2,4-24H,1,3H2. The van der Waals surface area contributed by atoms with Gasteiger partial charge in [0.15, 0.2) is 0 Å². The van der Waals surface area contributed by atoms with E-state index in [2.05, 4.69) is 133 Å². The highest BCUT2D eigenvalue weighted by Gasteiger charge is 2.10. The molecule has 0 saturated heterocycles. The highest BCUT2D eigenvalue weighted by atomic mass is 14.1. The van der Waals surface area contributed by atoms with Crippen LogP contribution in [0.3, 0.4) is 0 Å². The Bertz CT molecular complexity index is 1780. The molecule has 36 heavy (non-hydrogen) atoms. The number of rotatable bonds is 3. The summed E-state index contributed by atoms with van der Waals surface area (Å²) in [6.45, 7) is 0. The minimum Gasteiger partial charge on any atom is -0.0836 e. The summed E-state index contributed by atoms with van der Waals surface area (Å²) in [5.41, 5.74) is 7.61. The van der Waals surface area contributed by atoms with E-state index in [-0.39, 0.29) is 0 Å². The first-order chi connectivity index (χ1) is 17.8. The van der Waals surface area contributed by atoms with Crippen molar-refractivity contribution < 1.29 is 0 Å². The lowest BCUT2D eigenvalue weighted by molar-refractivity contribution is 1.04. The van der Waals surface area contributed by atoms with Gasteiger partial charge in [-0.25, -0.2) is 0 Å². The number of fused-ring (bicyclic) bond motifs is 6. The average molecular weight is 459 g/mol. The second kappa shape index (κ2) is 8.66. The van der Waals surface area contributed by atoms with Crippen molar-refractivity contribution in [1.82, 2.24) is 0 Å². The van der Waals surface area contributed by atoms with Crippen LogP contribution in [0.2, 0.25) is 0 Å². The summed E-state index contributed by atoms with van der Waals surface area (Å²) in [5.74, 6) is 0. The Labute approximate surface area is 211 Å². The Balaban J connectivity index is 1.33. The van der Waals surface area contributed by atoms with Gasteiger partial charge >= 0.3 is 0 Å². The zero-order valence-corrected chi connectivity index (χ0v) is 20.1. The molecule has 0 radical (unpaired) electrons. The van der Waals surface area contributed by atoms with Crippen molar-refractivity contribution in [3.05, 3.63) is 139 Å². The van der Waals surface area contributed by atoms with Gasteiger partial charge in [-0.3, -0.25) is 0 Å². The Kier molecular flexibility index (Phi) is 5.03. The highest BCUT2D eigenvalue weighted by molar-refractivity contribution is 6.25. The molecule has 6 aromatic carbocycles. The zero-order chi connectivity index (χ0) is 23.9. The van der Waals surface area contributed by atoms with Crippen molar-refractivity contribution >= 4 is 37.9 Å². The smallest absolute Gasteiger partial charge is 0.00928 e. The van der Waals surface area contributed by atoms with Crippen molar-refractivity contribution in [3.63, 3.8) is 0 Å². The molecule has 0 bridgehead atoms. The van der Waals surface area contributed by atoms with Crippen molar-refractivity contribution in [3.8, 4) is 22.3 Å². The highest BCUT2D eigenvalue weighted by Crippen LogP contribution is 2.37. The van der Waals surface area contributed by atoms with Crippen LogP contribution in [0.4, 0.5) is 0 Å². The van der Waals surface area contributed by atoms with Crippen LogP contribution in [0.25, 0.3) is 60.1 Å². The minimum absolute atomic E-state index is 1.13. The second-order valence-corrected chi connectivity index (χ2v) is 9.65. The van der Waals surface area contributed by atoms with Crippen LogP contribution in [0.1, 0.15) is 18.4 Å². The van der Waals surface area contributed by atoms with Crippen LogP contribution in [-0.2, 0) is 0 Å². The second-order valence-electron chi connectivity index (χ2n) is 9.65. The van der Waals surface area contributed by atoms with Crippen molar-refractivity contribution in [2.45, 2.75) is 12.8 Å². The van der Waals surface area contributed by atoms with Gasteiger partial charge < -0.3 is 0 Å². The number of hydrogen-bond acceptors (Lipinski definition) is 0. The van der Waals surface area contributed by atoms with E-state index in [0.717, 1.165) is 12.8 Å². The monoisotopic (exact) mass is 458 g/mol. The molecule has 0 unspecified atom stereocenters. The van der Waals surface area contributed by atoms with E-state index in [1.54, 1.807) is 0 Å². The fourth-order valence-corrected chi connectivity index (χ4v) is 5.65. The maximum absolute atomic E-state index is 2.37. The third kappa shape index (κ3) is 3.54. The molecule has 1 aliphatic carbocycles. The van der Waals surface area contributed by atoms with Gasteiger partial charge in [0.1, 0.15) is 0 Å². The van der Waals surface area contributed by atoms with Crippen LogP contribution >= 0.6 is 0 Å². The zero-order valence-electron chi connectivity index (χ0n) is 20.1. The van der Waals surface area contributed by atoms with E-state index in [1.165, 1.54) is 65.7 Å². The molecule has 0 spiro atoms. The van der Waals surface area contributed by atoms with Crippen LogP contribution in [0, 0.1) is 0 Å². The third-order valence-corrected chi connectivity index (χ3v) is 7.49. The molecule has 1 aliphatic rings. The summed E-state index contributed by atoms with van der Waals surface area (Å²) in [4.78, 5) is 0. The minimum atomic E-state index is 1.13. The summed E-state index contributed by atoms with van der Waals surface area (Å²) in [6.07, 6.45) is 9.12. The van der Waals surface area contributed by atoms with Gasteiger partial charge in [-0.15, -0.1) is 0 Å². The summed E-state index contributed by atoms with van der Waals surface area (Å²) < 4.78 is 0. The molecule has 0 heterocycles. The summed E-state index contributed by atoms with van der Waals surface area (Å²) >= 11 is 0. The molecular formula is C36H26. The molecule has 0 amide bonds. The van der Waals surface area contributed by atoms with E-state index >= 15 is 0 Å². The summed E-state index contributed by atoms with van der Waals surface area (Å²) in [7, 11) is 0. The molecule has 7 rings (SSSR count). The van der Waals surface area contributed by atoms with E-state index in [4.69, 9.17) is 0 Å². The average Bonchev–Trinajstić information content (AvgIpc) is 2.98. The predicted molar refractivity (Wildman–Crippen MR) is 156 cm³/mol. The van der Waals surface area contributed by atoms with E-state index < -0.39 is 0 Å². The Morgan fingerprint density at radius 3 is 1.53 bits per heavy atom. The predicted octanol–water partition coefficient (Wildman–Crippen LogP) is 10.2. The molecule has 0 atom stereocenters. The maximum Gasteiger partial charge on any atom is -0.00928 e. The Morgan fingerprint density at radius 1 is 0.361 bits per heavy atom. The van der Waals surface area contributed by atoms with Gasteiger partial charge in [0, 0.05) is 0 Å². The molecule has 170 valence electrons. The topological polar surface area (TPSA) is 0 Å². The van der Waals surface area contributed by atoms with Gasteiger partial charge in [0.25, 0.3) is 0 Å². The van der Waals surface area contributed by atoms with Gasteiger partial charge in [-0.1, -0.05) is 121 Å². The fourth-order valence-electron chi connectivity index (χ4n) is 5.65. The first-order valence-corrected chi connectivity index (χ1v) is 12.8. The fraction of sp³-hybridized carbons (Fsp3) is 0.0556. The van der Waals surface area contributed by atoms with Crippen molar-refractivity contribution in [2.24, 2.45) is 0 Å². The first-order valence-electron chi connectivity index (χ1n) is 12.8. The molecule has 0 heteroatoms. The molecule has 6 aromatic rings. The number of benzene rings is 6. The molecule has 0 aromatic heterocycles. The van der Waals surface area contributed by atoms with Gasteiger partial charge in [-0.05, 0) is 90.7 Å². The number of allylic oxidation sites excluding steroid dienone is 4. The van der Waals surface area contributed by atoms with Gasteiger partial charge in [-0.2, -0.15) is 0 Å². The first kappa shape index (κ1) is 20.9. The lowest BCUT2D eigenvalue weighted by Crippen LogP contribution is -1.87. The summed E-state index contributed by atoms with van der Waals surface area (Å²) in [6, 6.07) is 42.4. The van der Waals surface area contributed by atoms with Crippen molar-refractivity contribution in [2.75, 3.05) is 0 Å². The third-order valence-electron chi connectivity index (χ3n) is 7.49. The molecule has 0 aliphatic heterocycles. The quantitative estimate of drug-likeness (QED) is 0.231. The van der Waals surface area contributed by atoms with Crippen LogP contribution in [-0.4, -0.2) is 0 Å². The molecule has 0 N–H and O–H groups in total. The largest absolute Gasteiger partial charge is 0.0836 e. The maximum atomic E-state index is 2.37. The SMILES string of the molecule is C1=CC(c2ccc(-c3cccc(-c4ccc5c6ccccc6c6ccccc6c5c4)c3)cc2)=CCC1. The molecule has 0 nitrogen and oxygen atoms in total. The summed E-state index contributed by atoms with van der Waals surface area (Å²) in [5, 5.41) is 7.88. The van der Waals surface area contributed by atoms with E-state index in [1.807, 2.05) is 0 Å². The van der Waals surface area contributed by atoms with Crippen LogP contribution < -0.4 is 0 Å². The lowest BCUT2D eigenvalue weighted by Gasteiger charge is -2.13.